The van der Waals surface area contributed by atoms with Crippen LogP contribution in [-0.2, 0) is 11.2 Å². The first-order valence-corrected chi connectivity index (χ1v) is 7.59. The highest BCUT2D eigenvalue weighted by molar-refractivity contribution is 6.05. The van der Waals surface area contributed by atoms with Crippen molar-refractivity contribution in [3.05, 3.63) is 65.2 Å². The summed E-state index contributed by atoms with van der Waals surface area (Å²) in [6.07, 6.45) is 2.77. The van der Waals surface area contributed by atoms with Gasteiger partial charge in [0.15, 0.2) is 0 Å². The zero-order chi connectivity index (χ0) is 16.2. The van der Waals surface area contributed by atoms with Gasteiger partial charge in [-0.15, -0.1) is 0 Å². The van der Waals surface area contributed by atoms with Gasteiger partial charge in [0, 0.05) is 18.2 Å². The first kappa shape index (κ1) is 15.6. The Hall–Kier alpha value is -2.27. The van der Waals surface area contributed by atoms with Crippen LogP contribution >= 0.6 is 0 Å². The number of anilines is 1. The van der Waals surface area contributed by atoms with Crippen LogP contribution in [0.5, 0.6) is 0 Å². The molecule has 1 saturated heterocycles. The molecule has 23 heavy (non-hydrogen) atoms. The van der Waals surface area contributed by atoms with Gasteiger partial charge < -0.3 is 10.1 Å². The summed E-state index contributed by atoms with van der Waals surface area (Å²) in [6.45, 7) is 0.750. The molecular weight excluding hydrogens is 300 g/mol. The number of benzene rings is 2. The lowest BCUT2D eigenvalue weighted by molar-refractivity contribution is 0.101. The van der Waals surface area contributed by atoms with Crippen molar-refractivity contribution in [1.82, 2.24) is 0 Å². The van der Waals surface area contributed by atoms with Crippen molar-refractivity contribution in [2.24, 2.45) is 0 Å². The maximum Gasteiger partial charge on any atom is 0.256 e. The molecule has 0 aliphatic carbocycles. The molecule has 2 aromatic rings. The van der Waals surface area contributed by atoms with Gasteiger partial charge >= 0.3 is 0 Å². The van der Waals surface area contributed by atoms with Crippen molar-refractivity contribution in [1.29, 1.82) is 0 Å². The lowest BCUT2D eigenvalue weighted by Crippen LogP contribution is -2.18. The largest absolute Gasteiger partial charge is 0.378 e. The Morgan fingerprint density at radius 2 is 2.04 bits per heavy atom. The molecular formula is C18H17F2NO2. The minimum atomic E-state index is -0.796. The summed E-state index contributed by atoms with van der Waals surface area (Å²) in [5.74, 6) is -1.89. The second-order valence-electron chi connectivity index (χ2n) is 5.57. The smallest absolute Gasteiger partial charge is 0.256 e. The number of nitrogens with one attached hydrogen (secondary N) is 1. The Bertz CT molecular complexity index is 712. The Morgan fingerprint density at radius 3 is 2.78 bits per heavy atom. The molecule has 1 unspecified atom stereocenters. The fraction of sp³-hybridized carbons (Fsp3) is 0.278. The number of hydrogen-bond donors (Lipinski definition) is 1. The van der Waals surface area contributed by atoms with E-state index in [4.69, 9.17) is 4.74 Å². The monoisotopic (exact) mass is 317 g/mol. The molecule has 1 N–H and O–H groups in total. The topological polar surface area (TPSA) is 38.3 Å². The van der Waals surface area contributed by atoms with E-state index in [-0.39, 0.29) is 11.8 Å². The summed E-state index contributed by atoms with van der Waals surface area (Å²) in [7, 11) is 0. The van der Waals surface area contributed by atoms with E-state index in [1.54, 1.807) is 12.1 Å². The van der Waals surface area contributed by atoms with Crippen LogP contribution in [0.25, 0.3) is 0 Å². The van der Waals surface area contributed by atoms with Gasteiger partial charge in [-0.3, -0.25) is 4.79 Å². The number of hydrogen-bond acceptors (Lipinski definition) is 2. The van der Waals surface area contributed by atoms with E-state index in [2.05, 4.69) is 5.32 Å². The van der Waals surface area contributed by atoms with Gasteiger partial charge in [0.25, 0.3) is 5.91 Å². The average Bonchev–Trinajstić information content (AvgIpc) is 3.03. The Morgan fingerprint density at radius 1 is 1.22 bits per heavy atom. The molecule has 0 radical (unpaired) electrons. The summed E-state index contributed by atoms with van der Waals surface area (Å²) in [5.41, 5.74) is 1.30. The molecule has 0 aromatic heterocycles. The molecule has 1 heterocycles. The Kier molecular flexibility index (Phi) is 4.67. The van der Waals surface area contributed by atoms with E-state index in [0.717, 1.165) is 37.1 Å². The van der Waals surface area contributed by atoms with Crippen molar-refractivity contribution < 1.29 is 18.3 Å². The summed E-state index contributed by atoms with van der Waals surface area (Å²) in [5, 5.41) is 2.50. The van der Waals surface area contributed by atoms with Crippen molar-refractivity contribution in [2.45, 2.75) is 25.4 Å². The second kappa shape index (κ2) is 6.87. The van der Waals surface area contributed by atoms with Gasteiger partial charge in [0.05, 0.1) is 11.8 Å². The summed E-state index contributed by atoms with van der Waals surface area (Å²) in [6, 6.07) is 10.3. The Labute approximate surface area is 133 Å². The number of carbonyl (C=O) groups excluding carboxylic acids is 1. The standard InChI is InChI=1S/C18H17F2NO2/c19-13-7-8-17(16(20)11-13)21-18(22)15-6-2-1-4-12(15)10-14-5-3-9-23-14/h1-2,4,6-8,11,14H,3,5,9-10H2,(H,21,22). The van der Waals surface area contributed by atoms with Crippen LogP contribution in [0.2, 0.25) is 0 Å². The first-order chi connectivity index (χ1) is 11.1. The van der Waals surface area contributed by atoms with E-state index in [0.29, 0.717) is 12.0 Å². The molecule has 0 spiro atoms. The quantitative estimate of drug-likeness (QED) is 0.927. The van der Waals surface area contributed by atoms with Crippen molar-refractivity contribution in [2.75, 3.05) is 11.9 Å². The molecule has 5 heteroatoms. The van der Waals surface area contributed by atoms with Crippen LogP contribution in [0.1, 0.15) is 28.8 Å². The van der Waals surface area contributed by atoms with Crippen molar-refractivity contribution in [3.63, 3.8) is 0 Å². The molecule has 0 saturated carbocycles. The lowest BCUT2D eigenvalue weighted by Gasteiger charge is -2.14. The van der Waals surface area contributed by atoms with Gasteiger partial charge in [0.2, 0.25) is 0 Å². The van der Waals surface area contributed by atoms with Crippen LogP contribution < -0.4 is 5.32 Å². The van der Waals surface area contributed by atoms with E-state index < -0.39 is 17.5 Å². The predicted molar refractivity (Wildman–Crippen MR) is 83.4 cm³/mol. The molecule has 2 aromatic carbocycles. The highest BCUT2D eigenvalue weighted by atomic mass is 19.1. The van der Waals surface area contributed by atoms with Crippen molar-refractivity contribution in [3.8, 4) is 0 Å². The number of amides is 1. The summed E-state index contributed by atoms with van der Waals surface area (Å²) in [4.78, 5) is 12.4. The maximum absolute atomic E-state index is 13.7. The predicted octanol–water partition coefficient (Wildman–Crippen LogP) is 3.94. The third kappa shape index (κ3) is 3.74. The SMILES string of the molecule is O=C(Nc1ccc(F)cc1F)c1ccccc1CC1CCCO1. The van der Waals surface area contributed by atoms with Crippen molar-refractivity contribution >= 4 is 11.6 Å². The normalized spacial score (nSPS) is 17.2. The van der Waals surface area contributed by atoms with Crippen LogP contribution in [0.4, 0.5) is 14.5 Å². The van der Waals surface area contributed by atoms with Crippen LogP contribution in [0.3, 0.4) is 0 Å². The number of halogens is 2. The molecule has 1 amide bonds. The lowest BCUT2D eigenvalue weighted by atomic mass is 9.99. The molecule has 3 nitrogen and oxygen atoms in total. The highest BCUT2D eigenvalue weighted by Crippen LogP contribution is 2.21. The number of carbonyl (C=O) groups is 1. The minimum absolute atomic E-state index is 0.0386. The molecule has 1 aliphatic rings. The van der Waals surface area contributed by atoms with Crippen LogP contribution in [0, 0.1) is 11.6 Å². The van der Waals surface area contributed by atoms with E-state index in [1.807, 2.05) is 12.1 Å². The van der Waals surface area contributed by atoms with E-state index >= 15 is 0 Å². The van der Waals surface area contributed by atoms with Gasteiger partial charge in [-0.1, -0.05) is 18.2 Å². The van der Waals surface area contributed by atoms with E-state index in [1.165, 1.54) is 6.07 Å². The van der Waals surface area contributed by atoms with Gasteiger partial charge in [-0.25, -0.2) is 8.78 Å². The average molecular weight is 317 g/mol. The van der Waals surface area contributed by atoms with E-state index in [9.17, 15) is 13.6 Å². The minimum Gasteiger partial charge on any atom is -0.378 e. The second-order valence-corrected chi connectivity index (χ2v) is 5.57. The molecule has 1 atom stereocenters. The highest BCUT2D eigenvalue weighted by Gasteiger charge is 2.20. The molecule has 1 fully saturated rings. The Balaban J connectivity index is 1.78. The summed E-state index contributed by atoms with van der Waals surface area (Å²) < 4.78 is 32.2. The zero-order valence-corrected chi connectivity index (χ0v) is 12.5. The molecule has 1 aliphatic heterocycles. The summed E-state index contributed by atoms with van der Waals surface area (Å²) >= 11 is 0. The third-order valence-electron chi connectivity index (χ3n) is 3.91. The maximum atomic E-state index is 13.7. The molecule has 3 rings (SSSR count). The zero-order valence-electron chi connectivity index (χ0n) is 12.5. The number of rotatable bonds is 4. The third-order valence-corrected chi connectivity index (χ3v) is 3.91. The molecule has 0 bridgehead atoms. The van der Waals surface area contributed by atoms with Gasteiger partial charge in [0.1, 0.15) is 11.6 Å². The fourth-order valence-electron chi connectivity index (χ4n) is 2.75. The number of ether oxygens (including phenoxy) is 1. The van der Waals surface area contributed by atoms with Gasteiger partial charge in [-0.2, -0.15) is 0 Å². The van der Waals surface area contributed by atoms with Crippen LogP contribution in [-0.4, -0.2) is 18.6 Å². The van der Waals surface area contributed by atoms with Gasteiger partial charge in [-0.05, 0) is 43.0 Å². The van der Waals surface area contributed by atoms with Crippen LogP contribution in [0.15, 0.2) is 42.5 Å². The molecule has 120 valence electrons. The first-order valence-electron chi connectivity index (χ1n) is 7.59. The fourth-order valence-corrected chi connectivity index (χ4v) is 2.75.